The molecule has 0 saturated heterocycles. The molecule has 19 heavy (non-hydrogen) atoms. The Bertz CT molecular complexity index is 556. The largest absolute Gasteiger partial charge is 0.385 e. The highest BCUT2D eigenvalue weighted by molar-refractivity contribution is 7.16. The Morgan fingerprint density at radius 2 is 2.21 bits per heavy atom. The van der Waals surface area contributed by atoms with Gasteiger partial charge in [0.15, 0.2) is 0 Å². The van der Waals surface area contributed by atoms with Crippen molar-refractivity contribution in [2.24, 2.45) is 5.41 Å². The molecular weight excluding hydrogens is 282 g/mol. The summed E-state index contributed by atoms with van der Waals surface area (Å²) >= 11 is 7.51. The van der Waals surface area contributed by atoms with Gasteiger partial charge >= 0.3 is 0 Å². The second kappa shape index (κ2) is 6.03. The fraction of sp³-hybridized carbons (Fsp3) is 0.538. The molecule has 2 aromatic heterocycles. The molecule has 0 aliphatic heterocycles. The van der Waals surface area contributed by atoms with E-state index >= 15 is 0 Å². The van der Waals surface area contributed by atoms with Crippen molar-refractivity contribution in [2.45, 2.75) is 20.3 Å². The molecule has 104 valence electrons. The number of ether oxygens (including phenoxy) is 1. The predicted octanol–water partition coefficient (Wildman–Crippen LogP) is 3.82. The summed E-state index contributed by atoms with van der Waals surface area (Å²) < 4.78 is 5.13. The van der Waals surface area contributed by atoms with Crippen LogP contribution in [0.4, 0.5) is 5.82 Å². The van der Waals surface area contributed by atoms with Crippen LogP contribution in [-0.4, -0.2) is 30.2 Å². The topological polar surface area (TPSA) is 47.0 Å². The molecule has 0 unspecified atom stereocenters. The highest BCUT2D eigenvalue weighted by Crippen LogP contribution is 2.28. The molecule has 0 atom stereocenters. The van der Waals surface area contributed by atoms with Crippen molar-refractivity contribution in [1.29, 1.82) is 0 Å². The second-order valence-electron chi connectivity index (χ2n) is 5.24. The molecule has 0 spiro atoms. The number of anilines is 1. The lowest BCUT2D eigenvalue weighted by molar-refractivity contribution is 0.157. The number of aromatic nitrogens is 2. The highest BCUT2D eigenvalue weighted by Gasteiger charge is 2.18. The molecule has 1 N–H and O–H groups in total. The van der Waals surface area contributed by atoms with Crippen molar-refractivity contribution in [3.05, 3.63) is 16.7 Å². The number of rotatable bonds is 6. The van der Waals surface area contributed by atoms with Crippen LogP contribution in [0.3, 0.4) is 0 Å². The van der Waals surface area contributed by atoms with Crippen molar-refractivity contribution in [3.63, 3.8) is 0 Å². The summed E-state index contributed by atoms with van der Waals surface area (Å²) in [5.74, 6) is 0.807. The van der Waals surface area contributed by atoms with E-state index in [0.717, 1.165) is 35.6 Å². The maximum Gasteiger partial charge on any atom is 0.225 e. The standard InChI is InChI=1S/C13H18ClN3OS/c1-13(2,5-6-18-3)8-15-10-9-4-7-19-11(9)17-12(14)16-10/h4,7H,5-6,8H2,1-3H3,(H,15,16,17). The first-order valence-corrected chi connectivity index (χ1v) is 7.41. The third kappa shape index (κ3) is 3.78. The number of hydrogen-bond donors (Lipinski definition) is 1. The van der Waals surface area contributed by atoms with E-state index in [1.54, 1.807) is 18.4 Å². The number of nitrogens with one attached hydrogen (secondary N) is 1. The van der Waals surface area contributed by atoms with Crippen molar-refractivity contribution in [1.82, 2.24) is 9.97 Å². The van der Waals surface area contributed by atoms with Crippen LogP contribution in [-0.2, 0) is 4.74 Å². The molecule has 2 rings (SSSR count). The van der Waals surface area contributed by atoms with Gasteiger partial charge < -0.3 is 10.1 Å². The van der Waals surface area contributed by atoms with E-state index in [9.17, 15) is 0 Å². The quantitative estimate of drug-likeness (QED) is 0.824. The van der Waals surface area contributed by atoms with Gasteiger partial charge in [-0.25, -0.2) is 9.97 Å². The number of hydrogen-bond acceptors (Lipinski definition) is 5. The SMILES string of the molecule is COCCC(C)(C)CNc1nc(Cl)nc2sccc12. The summed E-state index contributed by atoms with van der Waals surface area (Å²) in [6.07, 6.45) is 0.988. The first-order chi connectivity index (χ1) is 9.02. The van der Waals surface area contributed by atoms with Gasteiger partial charge in [0.1, 0.15) is 10.6 Å². The van der Waals surface area contributed by atoms with Crippen LogP contribution in [0.2, 0.25) is 5.28 Å². The van der Waals surface area contributed by atoms with Crippen LogP contribution in [0.25, 0.3) is 10.2 Å². The normalized spacial score (nSPS) is 12.0. The molecule has 0 aliphatic carbocycles. The first-order valence-electron chi connectivity index (χ1n) is 6.15. The number of nitrogens with zero attached hydrogens (tertiary/aromatic N) is 2. The van der Waals surface area contributed by atoms with Gasteiger partial charge in [-0.05, 0) is 34.9 Å². The van der Waals surface area contributed by atoms with E-state index in [4.69, 9.17) is 16.3 Å². The van der Waals surface area contributed by atoms with Crippen molar-refractivity contribution < 1.29 is 4.74 Å². The third-order valence-corrected chi connectivity index (χ3v) is 3.99. The zero-order valence-electron chi connectivity index (χ0n) is 11.4. The van der Waals surface area contributed by atoms with Crippen molar-refractivity contribution in [3.8, 4) is 0 Å². The molecule has 4 nitrogen and oxygen atoms in total. The van der Waals surface area contributed by atoms with Crippen LogP contribution < -0.4 is 5.32 Å². The van der Waals surface area contributed by atoms with Crippen molar-refractivity contribution in [2.75, 3.05) is 25.6 Å². The third-order valence-electron chi connectivity index (χ3n) is 3.02. The van der Waals surface area contributed by atoms with Gasteiger partial charge in [0, 0.05) is 20.3 Å². The Kier molecular flexibility index (Phi) is 4.60. The van der Waals surface area contributed by atoms with Crippen LogP contribution in [0.15, 0.2) is 11.4 Å². The van der Waals surface area contributed by atoms with E-state index in [0.29, 0.717) is 0 Å². The Hall–Kier alpha value is -0.910. The van der Waals surface area contributed by atoms with E-state index in [-0.39, 0.29) is 10.7 Å². The maximum atomic E-state index is 5.94. The zero-order valence-corrected chi connectivity index (χ0v) is 12.9. The smallest absolute Gasteiger partial charge is 0.225 e. The minimum Gasteiger partial charge on any atom is -0.385 e. The summed E-state index contributed by atoms with van der Waals surface area (Å²) in [5.41, 5.74) is 0.135. The van der Waals surface area contributed by atoms with Gasteiger partial charge in [-0.1, -0.05) is 13.8 Å². The fourth-order valence-corrected chi connectivity index (χ4v) is 2.74. The molecule has 6 heteroatoms. The molecule has 2 aromatic rings. The predicted molar refractivity (Wildman–Crippen MR) is 81.2 cm³/mol. The molecule has 0 aromatic carbocycles. The molecule has 2 heterocycles. The maximum absolute atomic E-state index is 5.94. The lowest BCUT2D eigenvalue weighted by Gasteiger charge is -2.25. The molecule has 0 amide bonds. The second-order valence-corrected chi connectivity index (χ2v) is 6.47. The van der Waals surface area contributed by atoms with Crippen LogP contribution in [0.5, 0.6) is 0 Å². The molecule has 0 saturated carbocycles. The molecule has 0 aliphatic rings. The first kappa shape index (κ1) is 14.5. The van der Waals surface area contributed by atoms with Crippen LogP contribution in [0, 0.1) is 5.41 Å². The summed E-state index contributed by atoms with van der Waals surface area (Å²) in [6.45, 7) is 5.97. The van der Waals surface area contributed by atoms with Gasteiger partial charge in [0.05, 0.1) is 5.39 Å². The van der Waals surface area contributed by atoms with Crippen LogP contribution in [0.1, 0.15) is 20.3 Å². The summed E-state index contributed by atoms with van der Waals surface area (Å²) in [5, 5.41) is 6.69. The molecule has 0 bridgehead atoms. The lowest BCUT2D eigenvalue weighted by Crippen LogP contribution is -2.25. The number of thiophene rings is 1. The Balaban J connectivity index is 2.11. The monoisotopic (exact) mass is 299 g/mol. The van der Waals surface area contributed by atoms with Gasteiger partial charge in [-0.15, -0.1) is 11.3 Å². The Morgan fingerprint density at radius 3 is 2.95 bits per heavy atom. The molecular formula is C13H18ClN3OS. The number of halogens is 1. The minimum atomic E-state index is 0.135. The van der Waals surface area contributed by atoms with E-state index in [2.05, 4.69) is 29.1 Å². The average molecular weight is 300 g/mol. The van der Waals surface area contributed by atoms with Gasteiger partial charge in [0.2, 0.25) is 5.28 Å². The highest BCUT2D eigenvalue weighted by atomic mass is 35.5. The Labute approximate surface area is 122 Å². The van der Waals surface area contributed by atoms with Gasteiger partial charge in [-0.3, -0.25) is 0 Å². The zero-order chi connectivity index (χ0) is 13.9. The number of fused-ring (bicyclic) bond motifs is 1. The summed E-state index contributed by atoms with van der Waals surface area (Å²) in [6, 6.07) is 2.01. The molecule has 0 fully saturated rings. The lowest BCUT2D eigenvalue weighted by atomic mass is 9.90. The number of methoxy groups -OCH3 is 1. The van der Waals surface area contributed by atoms with E-state index in [1.807, 2.05) is 11.4 Å². The van der Waals surface area contributed by atoms with Gasteiger partial charge in [-0.2, -0.15) is 0 Å². The Morgan fingerprint density at radius 1 is 1.42 bits per heavy atom. The van der Waals surface area contributed by atoms with Gasteiger partial charge in [0.25, 0.3) is 0 Å². The molecule has 0 radical (unpaired) electrons. The van der Waals surface area contributed by atoms with Crippen LogP contribution >= 0.6 is 22.9 Å². The van der Waals surface area contributed by atoms with Crippen molar-refractivity contribution >= 4 is 39.0 Å². The summed E-state index contributed by atoms with van der Waals surface area (Å²) in [7, 11) is 1.72. The average Bonchev–Trinajstić information content (AvgIpc) is 2.81. The summed E-state index contributed by atoms with van der Waals surface area (Å²) in [4.78, 5) is 9.39. The fourth-order valence-electron chi connectivity index (χ4n) is 1.75. The minimum absolute atomic E-state index is 0.135. The van der Waals surface area contributed by atoms with E-state index < -0.39 is 0 Å². The van der Waals surface area contributed by atoms with E-state index in [1.165, 1.54) is 0 Å².